The Morgan fingerprint density at radius 1 is 1.50 bits per heavy atom. The molecule has 0 bridgehead atoms. The average Bonchev–Trinajstić information content (AvgIpc) is 1.98. The summed E-state index contributed by atoms with van der Waals surface area (Å²) in [6.07, 6.45) is 4.78. The highest BCUT2D eigenvalue weighted by molar-refractivity contribution is 5.81. The first-order chi connectivity index (χ1) is 4.81. The molecule has 0 fully saturated rings. The van der Waals surface area contributed by atoms with Gasteiger partial charge in [0.2, 0.25) is 0 Å². The van der Waals surface area contributed by atoms with E-state index in [0.29, 0.717) is 12.8 Å². The molecule has 3 heteroatoms. The lowest BCUT2D eigenvalue weighted by atomic mass is 10.3. The third-order valence-corrected chi connectivity index (χ3v) is 0.906. The SMILES string of the molecule is COC(=O)C=CCCC=O. The minimum atomic E-state index is -0.383. The second kappa shape index (κ2) is 6.01. The van der Waals surface area contributed by atoms with Gasteiger partial charge in [0, 0.05) is 12.5 Å². The van der Waals surface area contributed by atoms with Crippen LogP contribution in [0.15, 0.2) is 12.2 Å². The van der Waals surface area contributed by atoms with E-state index in [9.17, 15) is 9.59 Å². The molecule has 0 saturated heterocycles. The Bertz CT molecular complexity index is 138. The first-order valence-electron chi connectivity index (χ1n) is 2.99. The molecule has 0 aliphatic rings. The van der Waals surface area contributed by atoms with E-state index in [2.05, 4.69) is 4.74 Å². The number of hydrogen-bond acceptors (Lipinski definition) is 3. The van der Waals surface area contributed by atoms with E-state index in [1.165, 1.54) is 13.2 Å². The Kier molecular flexibility index (Phi) is 5.33. The fraction of sp³-hybridized carbons (Fsp3) is 0.429. The zero-order valence-corrected chi connectivity index (χ0v) is 5.87. The lowest BCUT2D eigenvalue weighted by molar-refractivity contribution is -0.134. The summed E-state index contributed by atoms with van der Waals surface area (Å²) in [5.41, 5.74) is 0. The lowest BCUT2D eigenvalue weighted by Gasteiger charge is -1.87. The second-order valence-electron chi connectivity index (χ2n) is 1.67. The van der Waals surface area contributed by atoms with E-state index in [1.54, 1.807) is 6.08 Å². The maximum atomic E-state index is 10.4. The average molecular weight is 142 g/mol. The highest BCUT2D eigenvalue weighted by Gasteiger charge is 1.87. The normalized spacial score (nSPS) is 9.70. The number of allylic oxidation sites excluding steroid dienone is 1. The van der Waals surface area contributed by atoms with Crippen molar-refractivity contribution in [3.05, 3.63) is 12.2 Å². The molecule has 0 aliphatic heterocycles. The largest absolute Gasteiger partial charge is 0.466 e. The van der Waals surface area contributed by atoms with Gasteiger partial charge in [-0.15, -0.1) is 0 Å². The van der Waals surface area contributed by atoms with Crippen molar-refractivity contribution >= 4 is 12.3 Å². The van der Waals surface area contributed by atoms with Crippen molar-refractivity contribution < 1.29 is 14.3 Å². The van der Waals surface area contributed by atoms with Gasteiger partial charge in [-0.1, -0.05) is 6.08 Å². The van der Waals surface area contributed by atoms with Gasteiger partial charge in [-0.2, -0.15) is 0 Å². The van der Waals surface area contributed by atoms with Gasteiger partial charge < -0.3 is 9.53 Å². The topological polar surface area (TPSA) is 43.4 Å². The van der Waals surface area contributed by atoms with Crippen LogP contribution >= 0.6 is 0 Å². The number of hydrogen-bond donors (Lipinski definition) is 0. The van der Waals surface area contributed by atoms with Crippen LogP contribution in [0.3, 0.4) is 0 Å². The Balaban J connectivity index is 3.35. The van der Waals surface area contributed by atoms with Crippen LogP contribution in [-0.4, -0.2) is 19.4 Å². The van der Waals surface area contributed by atoms with Crippen molar-refractivity contribution in [1.29, 1.82) is 0 Å². The molecule has 56 valence electrons. The molecule has 10 heavy (non-hydrogen) atoms. The van der Waals surface area contributed by atoms with Gasteiger partial charge in [0.1, 0.15) is 6.29 Å². The Morgan fingerprint density at radius 2 is 2.20 bits per heavy atom. The molecule has 0 aliphatic carbocycles. The summed E-state index contributed by atoms with van der Waals surface area (Å²) in [7, 11) is 1.31. The van der Waals surface area contributed by atoms with E-state index in [4.69, 9.17) is 0 Å². The van der Waals surface area contributed by atoms with Gasteiger partial charge in [0.15, 0.2) is 0 Å². The van der Waals surface area contributed by atoms with E-state index in [0.717, 1.165) is 6.29 Å². The minimum Gasteiger partial charge on any atom is -0.466 e. The minimum absolute atomic E-state index is 0.383. The first kappa shape index (κ1) is 8.88. The molecule has 0 heterocycles. The number of carbonyl (C=O) groups is 2. The van der Waals surface area contributed by atoms with Crippen LogP contribution < -0.4 is 0 Å². The van der Waals surface area contributed by atoms with Crippen molar-refractivity contribution in [2.75, 3.05) is 7.11 Å². The molecule has 0 amide bonds. The van der Waals surface area contributed by atoms with Crippen molar-refractivity contribution in [3.63, 3.8) is 0 Å². The molecule has 0 N–H and O–H groups in total. The number of carbonyl (C=O) groups excluding carboxylic acids is 2. The second-order valence-corrected chi connectivity index (χ2v) is 1.67. The molecule has 0 unspecified atom stereocenters. The summed E-state index contributed by atoms with van der Waals surface area (Å²) in [4.78, 5) is 20.1. The van der Waals surface area contributed by atoms with Gasteiger partial charge in [-0.3, -0.25) is 0 Å². The van der Waals surface area contributed by atoms with Crippen molar-refractivity contribution in [2.45, 2.75) is 12.8 Å². The molecule has 0 atom stereocenters. The Labute approximate surface area is 59.7 Å². The van der Waals surface area contributed by atoms with Crippen molar-refractivity contribution in [3.8, 4) is 0 Å². The summed E-state index contributed by atoms with van der Waals surface area (Å²) in [6.45, 7) is 0. The predicted molar refractivity (Wildman–Crippen MR) is 36.5 cm³/mol. The van der Waals surface area contributed by atoms with E-state index >= 15 is 0 Å². The third kappa shape index (κ3) is 5.03. The number of esters is 1. The van der Waals surface area contributed by atoms with Gasteiger partial charge in [-0.25, -0.2) is 4.79 Å². The highest BCUT2D eigenvalue weighted by atomic mass is 16.5. The molecule has 0 saturated carbocycles. The quantitative estimate of drug-likeness (QED) is 0.251. The molecule has 0 radical (unpaired) electrons. The maximum absolute atomic E-state index is 10.4. The summed E-state index contributed by atoms with van der Waals surface area (Å²) >= 11 is 0. The van der Waals surface area contributed by atoms with Crippen LogP contribution in [0, 0.1) is 0 Å². The van der Waals surface area contributed by atoms with E-state index in [1.807, 2.05) is 0 Å². The number of rotatable bonds is 4. The van der Waals surface area contributed by atoms with Crippen molar-refractivity contribution in [1.82, 2.24) is 0 Å². The molecule has 0 aromatic heterocycles. The smallest absolute Gasteiger partial charge is 0.330 e. The Morgan fingerprint density at radius 3 is 2.70 bits per heavy atom. The third-order valence-electron chi connectivity index (χ3n) is 0.906. The number of aldehydes is 1. The summed E-state index contributed by atoms with van der Waals surface area (Å²) in [5, 5.41) is 0. The van der Waals surface area contributed by atoms with Crippen LogP contribution in [0.1, 0.15) is 12.8 Å². The number of ether oxygens (including phenoxy) is 1. The van der Waals surface area contributed by atoms with Crippen LogP contribution in [0.5, 0.6) is 0 Å². The van der Waals surface area contributed by atoms with E-state index < -0.39 is 0 Å². The molecule has 0 aromatic carbocycles. The fourth-order valence-corrected chi connectivity index (χ4v) is 0.412. The first-order valence-corrected chi connectivity index (χ1v) is 2.99. The van der Waals surface area contributed by atoms with Crippen LogP contribution in [0.2, 0.25) is 0 Å². The standard InChI is InChI=1S/C7H10O3/c1-10-7(9)5-3-2-4-6-8/h3,5-6H,2,4H2,1H3. The summed E-state index contributed by atoms with van der Waals surface area (Å²) in [5.74, 6) is -0.383. The van der Waals surface area contributed by atoms with Gasteiger partial charge in [0.25, 0.3) is 0 Å². The molecule has 0 aromatic rings. The predicted octanol–water partition coefficient (Wildman–Crippen LogP) is 0.695. The Hall–Kier alpha value is -1.12. The zero-order valence-electron chi connectivity index (χ0n) is 5.87. The number of unbranched alkanes of at least 4 members (excludes halogenated alkanes) is 1. The van der Waals surface area contributed by atoms with Crippen LogP contribution in [0.25, 0.3) is 0 Å². The van der Waals surface area contributed by atoms with Crippen molar-refractivity contribution in [2.24, 2.45) is 0 Å². The monoisotopic (exact) mass is 142 g/mol. The van der Waals surface area contributed by atoms with Crippen LogP contribution in [-0.2, 0) is 14.3 Å². The molecular formula is C7H10O3. The lowest BCUT2D eigenvalue weighted by Crippen LogP contribution is -1.93. The molecular weight excluding hydrogens is 132 g/mol. The molecule has 0 spiro atoms. The fourth-order valence-electron chi connectivity index (χ4n) is 0.412. The maximum Gasteiger partial charge on any atom is 0.330 e. The summed E-state index contributed by atoms with van der Waals surface area (Å²) < 4.78 is 4.32. The molecule has 0 rings (SSSR count). The summed E-state index contributed by atoms with van der Waals surface area (Å²) in [6, 6.07) is 0. The van der Waals surface area contributed by atoms with Gasteiger partial charge in [-0.05, 0) is 6.42 Å². The molecule has 3 nitrogen and oxygen atoms in total. The van der Waals surface area contributed by atoms with Crippen LogP contribution in [0.4, 0.5) is 0 Å². The number of methoxy groups -OCH3 is 1. The van der Waals surface area contributed by atoms with Gasteiger partial charge in [0.05, 0.1) is 7.11 Å². The zero-order chi connectivity index (χ0) is 7.82. The highest BCUT2D eigenvalue weighted by Crippen LogP contribution is 1.87. The van der Waals surface area contributed by atoms with Gasteiger partial charge >= 0.3 is 5.97 Å². The van der Waals surface area contributed by atoms with E-state index in [-0.39, 0.29) is 5.97 Å².